The number of hydrogen-bond acceptors (Lipinski definition) is 5. The highest BCUT2D eigenvalue weighted by molar-refractivity contribution is 7.14. The zero-order valence-corrected chi connectivity index (χ0v) is 16.1. The maximum absolute atomic E-state index is 12.2. The minimum absolute atomic E-state index is 0.0526. The molecule has 144 valence electrons. The van der Waals surface area contributed by atoms with Crippen LogP contribution in [0.5, 0.6) is 0 Å². The molecule has 0 radical (unpaired) electrons. The fourth-order valence-electron chi connectivity index (χ4n) is 2.58. The number of aromatic amines is 1. The molecule has 0 bridgehead atoms. The predicted molar refractivity (Wildman–Crippen MR) is 108 cm³/mol. The van der Waals surface area contributed by atoms with E-state index < -0.39 is 0 Å². The molecule has 0 aliphatic heterocycles. The number of amides is 2. The summed E-state index contributed by atoms with van der Waals surface area (Å²) < 4.78 is 0. The Hall–Kier alpha value is -3.26. The summed E-state index contributed by atoms with van der Waals surface area (Å²) in [5.74, 6) is -0.408. The highest BCUT2D eigenvalue weighted by atomic mass is 32.1. The van der Waals surface area contributed by atoms with Gasteiger partial charge in [0.05, 0.1) is 17.3 Å². The Morgan fingerprint density at radius 2 is 1.96 bits per heavy atom. The number of nitrogens with one attached hydrogen (secondary N) is 3. The lowest BCUT2D eigenvalue weighted by Crippen LogP contribution is -2.26. The number of rotatable bonds is 7. The second-order valence-electron chi connectivity index (χ2n) is 6.24. The average molecular weight is 396 g/mol. The van der Waals surface area contributed by atoms with Crippen LogP contribution in [0.15, 0.2) is 58.8 Å². The van der Waals surface area contributed by atoms with Crippen LogP contribution >= 0.6 is 11.3 Å². The lowest BCUT2D eigenvalue weighted by molar-refractivity contribution is -0.121. The van der Waals surface area contributed by atoms with E-state index in [0.717, 1.165) is 11.3 Å². The van der Waals surface area contributed by atoms with Gasteiger partial charge in [0.2, 0.25) is 11.5 Å². The van der Waals surface area contributed by atoms with Crippen molar-refractivity contribution in [2.45, 2.75) is 25.8 Å². The Morgan fingerprint density at radius 1 is 1.18 bits per heavy atom. The van der Waals surface area contributed by atoms with Crippen molar-refractivity contribution in [1.29, 1.82) is 0 Å². The molecule has 2 amide bonds. The van der Waals surface area contributed by atoms with E-state index in [1.165, 1.54) is 29.7 Å². The normalized spacial score (nSPS) is 11.6. The molecule has 0 saturated carbocycles. The van der Waals surface area contributed by atoms with Gasteiger partial charge in [-0.15, -0.1) is 11.3 Å². The number of carbonyl (C=O) groups is 2. The molecular weight excluding hydrogens is 376 g/mol. The number of aryl methyl sites for hydroxylation is 1. The molecule has 3 rings (SSSR count). The second-order valence-corrected chi connectivity index (χ2v) is 7.10. The van der Waals surface area contributed by atoms with Gasteiger partial charge in [-0.25, -0.2) is 4.98 Å². The van der Waals surface area contributed by atoms with Crippen molar-refractivity contribution in [3.05, 3.63) is 81.2 Å². The van der Waals surface area contributed by atoms with Crippen molar-refractivity contribution in [2.75, 3.05) is 5.32 Å². The third-order valence-corrected chi connectivity index (χ3v) is 4.91. The molecule has 0 fully saturated rings. The van der Waals surface area contributed by atoms with Gasteiger partial charge in [0.25, 0.3) is 5.91 Å². The number of hydrogen-bond donors (Lipinski definition) is 3. The number of carbonyl (C=O) groups excluding carboxylic acids is 2. The van der Waals surface area contributed by atoms with Gasteiger partial charge in [0.1, 0.15) is 0 Å². The van der Waals surface area contributed by atoms with E-state index in [0.29, 0.717) is 23.5 Å². The maximum Gasteiger partial charge on any atom is 0.258 e. The Balaban J connectivity index is 1.49. The van der Waals surface area contributed by atoms with Crippen LogP contribution in [-0.4, -0.2) is 21.8 Å². The summed E-state index contributed by atoms with van der Waals surface area (Å²) in [4.78, 5) is 42.1. The Kier molecular flexibility index (Phi) is 6.33. The topological polar surface area (TPSA) is 104 Å². The fourth-order valence-corrected chi connectivity index (χ4v) is 3.32. The zero-order valence-electron chi connectivity index (χ0n) is 15.3. The standard InChI is InChI=1S/C20H20N4O3S/c1-13(14-5-3-2-4-6-14)22-18(26)10-8-16-12-28-20(23-16)24-19(27)15-7-9-17(25)21-11-15/h2-7,9,11-13H,8,10H2,1H3,(H,21,25)(H,22,26)(H,23,24,27)/t13-/m1/s1. The van der Waals surface area contributed by atoms with Crippen LogP contribution in [-0.2, 0) is 11.2 Å². The monoisotopic (exact) mass is 396 g/mol. The third kappa shape index (κ3) is 5.37. The molecule has 8 heteroatoms. The molecule has 1 atom stereocenters. The summed E-state index contributed by atoms with van der Waals surface area (Å²) in [5.41, 5.74) is 1.86. The first-order valence-corrected chi connectivity index (χ1v) is 9.68. The minimum Gasteiger partial charge on any atom is -0.350 e. The Morgan fingerprint density at radius 3 is 2.68 bits per heavy atom. The van der Waals surface area contributed by atoms with Gasteiger partial charge in [-0.05, 0) is 25.0 Å². The van der Waals surface area contributed by atoms with Gasteiger partial charge in [-0.1, -0.05) is 30.3 Å². The van der Waals surface area contributed by atoms with E-state index in [4.69, 9.17) is 0 Å². The number of H-pyrrole nitrogens is 1. The molecule has 3 aromatic rings. The number of pyridine rings is 1. The molecule has 2 aromatic heterocycles. The van der Waals surface area contributed by atoms with Gasteiger partial charge in [-0.2, -0.15) is 0 Å². The van der Waals surface area contributed by atoms with Crippen LogP contribution in [0.2, 0.25) is 0 Å². The summed E-state index contributed by atoms with van der Waals surface area (Å²) in [5, 5.41) is 7.92. The first-order valence-electron chi connectivity index (χ1n) is 8.80. The number of aromatic nitrogens is 2. The van der Waals surface area contributed by atoms with Crippen molar-refractivity contribution in [3.63, 3.8) is 0 Å². The SMILES string of the molecule is C[C@@H](NC(=O)CCc1csc(NC(=O)c2ccc(=O)[nH]c2)n1)c1ccccc1. The average Bonchev–Trinajstić information content (AvgIpc) is 3.15. The van der Waals surface area contributed by atoms with Crippen molar-refractivity contribution in [1.82, 2.24) is 15.3 Å². The number of thiazole rings is 1. The molecule has 0 saturated heterocycles. The summed E-state index contributed by atoms with van der Waals surface area (Å²) in [6, 6.07) is 12.4. The van der Waals surface area contributed by atoms with Crippen LogP contribution in [0.3, 0.4) is 0 Å². The van der Waals surface area contributed by atoms with Gasteiger partial charge < -0.3 is 10.3 Å². The van der Waals surface area contributed by atoms with Gasteiger partial charge >= 0.3 is 0 Å². The van der Waals surface area contributed by atoms with Crippen molar-refractivity contribution in [3.8, 4) is 0 Å². The minimum atomic E-state index is -0.355. The van der Waals surface area contributed by atoms with E-state index in [2.05, 4.69) is 20.6 Å². The van der Waals surface area contributed by atoms with Gasteiger partial charge in [-0.3, -0.25) is 19.7 Å². The molecule has 0 unspecified atom stereocenters. The van der Waals surface area contributed by atoms with E-state index >= 15 is 0 Å². The van der Waals surface area contributed by atoms with Crippen LogP contribution in [0.25, 0.3) is 0 Å². The number of nitrogens with zero attached hydrogens (tertiary/aromatic N) is 1. The molecular formula is C20H20N4O3S. The first-order chi connectivity index (χ1) is 13.5. The van der Waals surface area contributed by atoms with E-state index in [1.807, 2.05) is 42.6 Å². The lowest BCUT2D eigenvalue weighted by Gasteiger charge is -2.13. The van der Waals surface area contributed by atoms with Gasteiger partial charge in [0, 0.05) is 24.1 Å². The van der Waals surface area contributed by atoms with Crippen molar-refractivity contribution in [2.24, 2.45) is 0 Å². The summed E-state index contributed by atoms with van der Waals surface area (Å²) in [6.07, 6.45) is 2.15. The fraction of sp³-hybridized carbons (Fsp3) is 0.200. The Labute approximate surface area is 165 Å². The van der Waals surface area contributed by atoms with Crippen LogP contribution in [0.4, 0.5) is 5.13 Å². The lowest BCUT2D eigenvalue weighted by atomic mass is 10.1. The molecule has 3 N–H and O–H groups in total. The summed E-state index contributed by atoms with van der Waals surface area (Å²) >= 11 is 1.29. The van der Waals surface area contributed by atoms with Crippen LogP contribution in [0.1, 0.15) is 41.0 Å². The quantitative estimate of drug-likeness (QED) is 0.571. The highest BCUT2D eigenvalue weighted by Gasteiger charge is 2.12. The molecule has 0 aliphatic rings. The molecule has 0 spiro atoms. The predicted octanol–water partition coefficient (Wildman–Crippen LogP) is 2.89. The summed E-state index contributed by atoms with van der Waals surface area (Å²) in [7, 11) is 0. The molecule has 28 heavy (non-hydrogen) atoms. The van der Waals surface area contributed by atoms with Crippen LogP contribution < -0.4 is 16.2 Å². The number of anilines is 1. The second kappa shape index (κ2) is 9.09. The van der Waals surface area contributed by atoms with Gasteiger partial charge in [0.15, 0.2) is 5.13 Å². The summed E-state index contributed by atoms with van der Waals surface area (Å²) in [6.45, 7) is 1.94. The first kappa shape index (κ1) is 19.5. The smallest absolute Gasteiger partial charge is 0.258 e. The molecule has 1 aromatic carbocycles. The van der Waals surface area contributed by atoms with E-state index in [-0.39, 0.29) is 23.4 Å². The largest absolute Gasteiger partial charge is 0.350 e. The van der Waals surface area contributed by atoms with Crippen molar-refractivity contribution < 1.29 is 9.59 Å². The molecule has 7 nitrogen and oxygen atoms in total. The number of benzene rings is 1. The highest BCUT2D eigenvalue weighted by Crippen LogP contribution is 2.18. The van der Waals surface area contributed by atoms with Crippen molar-refractivity contribution >= 4 is 28.3 Å². The maximum atomic E-state index is 12.2. The zero-order chi connectivity index (χ0) is 19.9. The van der Waals surface area contributed by atoms with E-state index in [1.54, 1.807) is 0 Å². The van der Waals surface area contributed by atoms with Crippen LogP contribution in [0, 0.1) is 0 Å². The molecule has 2 heterocycles. The third-order valence-electron chi connectivity index (χ3n) is 4.10. The Bertz CT molecular complexity index is 993. The molecule has 0 aliphatic carbocycles. The van der Waals surface area contributed by atoms with E-state index in [9.17, 15) is 14.4 Å².